The summed E-state index contributed by atoms with van der Waals surface area (Å²) in [5, 5.41) is 6.73. The first-order valence-corrected chi connectivity index (χ1v) is 9.38. The van der Waals surface area contributed by atoms with Gasteiger partial charge in [-0.05, 0) is 36.8 Å². The second kappa shape index (κ2) is 9.71. The third kappa shape index (κ3) is 5.65. The maximum Gasteiger partial charge on any atom is 0.225 e. The van der Waals surface area contributed by atoms with Crippen molar-refractivity contribution in [3.8, 4) is 0 Å². The normalized spacial score (nSPS) is 16.1. The van der Waals surface area contributed by atoms with Crippen LogP contribution in [0.15, 0.2) is 18.2 Å². The molecule has 2 rings (SSSR count). The van der Waals surface area contributed by atoms with Crippen molar-refractivity contribution in [2.75, 3.05) is 11.9 Å². The van der Waals surface area contributed by atoms with E-state index in [-0.39, 0.29) is 5.91 Å². The van der Waals surface area contributed by atoms with E-state index < -0.39 is 0 Å². The molecule has 0 radical (unpaired) electrons. The van der Waals surface area contributed by atoms with E-state index in [1.54, 1.807) is 0 Å². The zero-order chi connectivity index (χ0) is 16.5. The zero-order valence-electron chi connectivity index (χ0n) is 14.8. The topological polar surface area (TPSA) is 41.1 Å². The Labute approximate surface area is 141 Å². The van der Waals surface area contributed by atoms with E-state index in [0.29, 0.717) is 12.5 Å². The number of hydrogen-bond donors (Lipinski definition) is 2. The molecule has 1 fully saturated rings. The number of carbonyl (C=O) groups excluding carboxylic acids is 1. The van der Waals surface area contributed by atoms with Crippen molar-refractivity contribution < 1.29 is 4.79 Å². The molecule has 1 amide bonds. The van der Waals surface area contributed by atoms with Crippen LogP contribution in [0.3, 0.4) is 0 Å². The highest BCUT2D eigenvalue weighted by molar-refractivity contribution is 5.92. The minimum atomic E-state index is 0.127. The van der Waals surface area contributed by atoms with Crippen LogP contribution in [-0.2, 0) is 17.6 Å². The molecule has 1 saturated carbocycles. The van der Waals surface area contributed by atoms with Crippen molar-refractivity contribution in [1.82, 2.24) is 5.32 Å². The van der Waals surface area contributed by atoms with E-state index in [0.717, 1.165) is 25.1 Å². The molecular weight excluding hydrogens is 284 g/mol. The van der Waals surface area contributed by atoms with Gasteiger partial charge in [0.25, 0.3) is 0 Å². The molecule has 23 heavy (non-hydrogen) atoms. The molecule has 0 aliphatic heterocycles. The fraction of sp³-hybridized carbons (Fsp3) is 0.650. The molecule has 1 aliphatic carbocycles. The van der Waals surface area contributed by atoms with E-state index in [1.807, 2.05) is 0 Å². The highest BCUT2D eigenvalue weighted by Crippen LogP contribution is 2.22. The lowest BCUT2D eigenvalue weighted by molar-refractivity contribution is -0.116. The maximum absolute atomic E-state index is 12.3. The summed E-state index contributed by atoms with van der Waals surface area (Å²) in [5.41, 5.74) is 3.50. The fourth-order valence-corrected chi connectivity index (χ4v) is 3.48. The largest absolute Gasteiger partial charge is 0.326 e. The van der Waals surface area contributed by atoms with Gasteiger partial charge in [-0.1, -0.05) is 57.7 Å². The third-order valence-electron chi connectivity index (χ3n) is 4.90. The van der Waals surface area contributed by atoms with E-state index >= 15 is 0 Å². The predicted molar refractivity (Wildman–Crippen MR) is 97.9 cm³/mol. The molecule has 0 atom stereocenters. The zero-order valence-corrected chi connectivity index (χ0v) is 14.8. The van der Waals surface area contributed by atoms with Crippen molar-refractivity contribution in [2.45, 2.75) is 77.7 Å². The lowest BCUT2D eigenvalue weighted by atomic mass is 10.0. The molecular formula is C20H32N2O. The fourth-order valence-electron chi connectivity index (χ4n) is 3.48. The monoisotopic (exact) mass is 316 g/mol. The van der Waals surface area contributed by atoms with Crippen molar-refractivity contribution in [2.24, 2.45) is 0 Å². The Morgan fingerprint density at radius 2 is 1.65 bits per heavy atom. The highest BCUT2D eigenvalue weighted by atomic mass is 16.1. The molecule has 128 valence electrons. The molecule has 3 nitrogen and oxygen atoms in total. The average molecular weight is 316 g/mol. The number of amides is 1. The molecule has 3 heteroatoms. The number of para-hydroxylation sites is 1. The summed E-state index contributed by atoms with van der Waals surface area (Å²) < 4.78 is 0. The van der Waals surface area contributed by atoms with E-state index in [4.69, 9.17) is 0 Å². The Bertz CT molecular complexity index is 468. The van der Waals surface area contributed by atoms with Crippen molar-refractivity contribution in [1.29, 1.82) is 0 Å². The van der Waals surface area contributed by atoms with Crippen molar-refractivity contribution in [3.05, 3.63) is 29.3 Å². The van der Waals surface area contributed by atoms with Gasteiger partial charge in [0.1, 0.15) is 0 Å². The summed E-state index contributed by atoms with van der Waals surface area (Å²) >= 11 is 0. The number of aryl methyl sites for hydroxylation is 2. The van der Waals surface area contributed by atoms with Gasteiger partial charge >= 0.3 is 0 Å². The average Bonchev–Trinajstić information content (AvgIpc) is 2.84. The first kappa shape index (κ1) is 18.0. The van der Waals surface area contributed by atoms with Crippen LogP contribution >= 0.6 is 0 Å². The molecule has 0 aromatic heterocycles. The smallest absolute Gasteiger partial charge is 0.225 e. The lowest BCUT2D eigenvalue weighted by Crippen LogP contribution is -2.31. The van der Waals surface area contributed by atoms with E-state index in [2.05, 4.69) is 42.7 Å². The second-order valence-corrected chi connectivity index (χ2v) is 6.60. The van der Waals surface area contributed by atoms with Crippen LogP contribution < -0.4 is 10.6 Å². The Kier molecular flexibility index (Phi) is 7.60. The summed E-state index contributed by atoms with van der Waals surface area (Å²) in [6.45, 7) is 5.06. The Morgan fingerprint density at radius 1 is 1.04 bits per heavy atom. The van der Waals surface area contributed by atoms with Crippen LogP contribution in [0.2, 0.25) is 0 Å². The molecule has 1 aliphatic rings. The summed E-state index contributed by atoms with van der Waals surface area (Å²) in [6.07, 6.45) is 10.4. The first-order valence-electron chi connectivity index (χ1n) is 9.38. The molecule has 0 spiro atoms. The minimum absolute atomic E-state index is 0.127. The summed E-state index contributed by atoms with van der Waals surface area (Å²) in [5.74, 6) is 0.127. The number of rotatable bonds is 7. The SMILES string of the molecule is CCc1cccc(CC)c1NC(=O)CCNC1CCCCCC1. The maximum atomic E-state index is 12.3. The molecule has 0 heterocycles. The molecule has 1 aromatic rings. The van der Waals surface area contributed by atoms with Crippen LogP contribution in [0.1, 0.15) is 69.9 Å². The molecule has 2 N–H and O–H groups in total. The second-order valence-electron chi connectivity index (χ2n) is 6.60. The van der Waals surface area contributed by atoms with Gasteiger partial charge in [0.2, 0.25) is 5.91 Å². The van der Waals surface area contributed by atoms with Gasteiger partial charge in [-0.2, -0.15) is 0 Å². The van der Waals surface area contributed by atoms with Gasteiger partial charge in [0, 0.05) is 24.7 Å². The van der Waals surface area contributed by atoms with Gasteiger partial charge in [0.15, 0.2) is 0 Å². The number of carbonyl (C=O) groups is 1. The number of hydrogen-bond acceptors (Lipinski definition) is 2. The van der Waals surface area contributed by atoms with Crippen LogP contribution in [0.4, 0.5) is 5.69 Å². The summed E-state index contributed by atoms with van der Waals surface area (Å²) in [4.78, 5) is 12.3. The number of anilines is 1. The first-order chi connectivity index (χ1) is 11.2. The van der Waals surface area contributed by atoms with Crippen LogP contribution in [0, 0.1) is 0 Å². The summed E-state index contributed by atoms with van der Waals surface area (Å²) in [6, 6.07) is 6.91. The van der Waals surface area contributed by atoms with Crippen LogP contribution in [-0.4, -0.2) is 18.5 Å². The highest BCUT2D eigenvalue weighted by Gasteiger charge is 2.13. The van der Waals surface area contributed by atoms with Crippen molar-refractivity contribution >= 4 is 11.6 Å². The van der Waals surface area contributed by atoms with Gasteiger partial charge in [-0.15, -0.1) is 0 Å². The van der Waals surface area contributed by atoms with Gasteiger partial charge < -0.3 is 10.6 Å². The Hall–Kier alpha value is -1.35. The number of nitrogens with one attached hydrogen (secondary N) is 2. The standard InChI is InChI=1S/C20H32N2O/c1-3-16-10-9-11-17(4-2)20(16)22-19(23)14-15-21-18-12-7-5-6-8-13-18/h9-11,18,21H,3-8,12-15H2,1-2H3,(H,22,23). The Balaban J connectivity index is 1.82. The van der Waals surface area contributed by atoms with E-state index in [1.165, 1.54) is 49.7 Å². The van der Waals surface area contributed by atoms with Crippen molar-refractivity contribution in [3.63, 3.8) is 0 Å². The van der Waals surface area contributed by atoms with Crippen LogP contribution in [0.25, 0.3) is 0 Å². The summed E-state index contributed by atoms with van der Waals surface area (Å²) in [7, 11) is 0. The third-order valence-corrected chi connectivity index (χ3v) is 4.90. The molecule has 0 saturated heterocycles. The quantitative estimate of drug-likeness (QED) is 0.730. The molecule has 0 unspecified atom stereocenters. The predicted octanol–water partition coefficient (Wildman–Crippen LogP) is 4.45. The Morgan fingerprint density at radius 3 is 2.22 bits per heavy atom. The lowest BCUT2D eigenvalue weighted by Gasteiger charge is -2.17. The molecule has 0 bridgehead atoms. The van der Waals surface area contributed by atoms with Gasteiger partial charge in [-0.3, -0.25) is 4.79 Å². The molecule has 1 aromatic carbocycles. The number of benzene rings is 1. The van der Waals surface area contributed by atoms with Crippen LogP contribution in [0.5, 0.6) is 0 Å². The van der Waals surface area contributed by atoms with Gasteiger partial charge in [0.05, 0.1) is 0 Å². The minimum Gasteiger partial charge on any atom is -0.326 e. The van der Waals surface area contributed by atoms with Gasteiger partial charge in [-0.25, -0.2) is 0 Å². The van der Waals surface area contributed by atoms with E-state index in [9.17, 15) is 4.79 Å².